The fourth-order valence-electron chi connectivity index (χ4n) is 5.43. The number of likely N-dealkylation sites (tertiary alicyclic amines) is 1. The topological polar surface area (TPSA) is 143 Å². The van der Waals surface area contributed by atoms with Crippen LogP contribution in [0.4, 0.5) is 33.2 Å². The van der Waals surface area contributed by atoms with Crippen molar-refractivity contribution in [1.82, 2.24) is 14.9 Å². The molecule has 1 saturated heterocycles. The van der Waals surface area contributed by atoms with E-state index in [-0.39, 0.29) is 17.2 Å². The van der Waals surface area contributed by atoms with Gasteiger partial charge in [-0.1, -0.05) is 11.1 Å². The first kappa shape index (κ1) is 25.6. The molecule has 206 valence electrons. The number of carbonyl (C=O) groups excluding carboxylic acids is 2. The molecule has 11 nitrogen and oxygen atoms in total. The number of ether oxygens (including phenoxy) is 1. The summed E-state index contributed by atoms with van der Waals surface area (Å²) in [6, 6.07) is 9.87. The van der Waals surface area contributed by atoms with E-state index in [0.29, 0.717) is 47.3 Å². The van der Waals surface area contributed by atoms with Gasteiger partial charge in [-0.25, -0.2) is 9.37 Å². The van der Waals surface area contributed by atoms with Crippen molar-refractivity contribution in [3.05, 3.63) is 59.5 Å². The molecule has 0 unspecified atom stereocenters. The van der Waals surface area contributed by atoms with Gasteiger partial charge in [-0.15, -0.1) is 0 Å². The van der Waals surface area contributed by atoms with Gasteiger partial charge in [0.25, 0.3) is 5.91 Å². The molecule has 12 heteroatoms. The number of H-pyrrole nitrogens is 2. The Morgan fingerprint density at radius 1 is 1.15 bits per heavy atom. The number of amides is 2. The number of hydrogen-bond acceptors (Lipinski definition) is 7. The molecular weight excluding hydrogens is 515 g/mol. The minimum Gasteiger partial charge on any atom is -0.493 e. The predicted molar refractivity (Wildman–Crippen MR) is 149 cm³/mol. The Morgan fingerprint density at radius 2 is 1.98 bits per heavy atom. The smallest absolute Gasteiger partial charge is 0.351 e. The third-order valence-electron chi connectivity index (χ3n) is 7.39. The summed E-state index contributed by atoms with van der Waals surface area (Å²) < 4.78 is 20.1. The predicted octanol–water partition coefficient (Wildman–Crippen LogP) is 3.10. The molecule has 0 radical (unpaired) electrons. The molecule has 0 saturated carbocycles. The first-order valence-corrected chi connectivity index (χ1v) is 13.2. The quantitative estimate of drug-likeness (QED) is 0.266. The second kappa shape index (κ2) is 10.5. The van der Waals surface area contributed by atoms with Gasteiger partial charge < -0.3 is 20.7 Å². The highest BCUT2D eigenvalue weighted by Gasteiger charge is 2.29. The molecular formula is C28H30FN8O3+. The van der Waals surface area contributed by atoms with Gasteiger partial charge in [0.15, 0.2) is 5.75 Å². The fourth-order valence-corrected chi connectivity index (χ4v) is 5.43. The third kappa shape index (κ3) is 4.77. The van der Waals surface area contributed by atoms with E-state index >= 15 is 0 Å². The van der Waals surface area contributed by atoms with E-state index in [1.807, 2.05) is 17.0 Å². The summed E-state index contributed by atoms with van der Waals surface area (Å²) in [5, 5.41) is 7.02. The second-order valence-corrected chi connectivity index (χ2v) is 9.94. The Bertz CT molecular complexity index is 1610. The number of nitrogens with zero attached hydrogens (tertiary/aromatic N) is 3. The average Bonchev–Trinajstić information content (AvgIpc) is 3.69. The third-order valence-corrected chi connectivity index (χ3v) is 7.39. The molecule has 0 atom stereocenters. The number of aromatic amines is 2. The van der Waals surface area contributed by atoms with Gasteiger partial charge in [0, 0.05) is 18.8 Å². The molecule has 0 spiro atoms. The maximum atomic E-state index is 14.4. The molecule has 1 fully saturated rings. The van der Waals surface area contributed by atoms with Gasteiger partial charge in [0.05, 0.1) is 36.0 Å². The van der Waals surface area contributed by atoms with E-state index < -0.39 is 11.7 Å². The minimum atomic E-state index is -0.890. The average molecular weight is 546 g/mol. The highest BCUT2D eigenvalue weighted by atomic mass is 19.1. The van der Waals surface area contributed by atoms with E-state index in [2.05, 4.69) is 30.5 Å². The number of methoxy groups -OCH3 is 1. The standard InChI is InChI=1S/C28H29FN8O3/c1-40-22-13-16-8-12-37(23(38)15-36-10-2-3-11-36)21(16)14-20(22)33-28-34-26-17(7-9-31-26)27(35-28)32-19-6-4-5-18(29)24(19)25(30)39/h4-7,9,13-14H,2-3,8,10-12,15H2,1H3,(H2,30,39)(H3,31,32,33,34,35)/p+1. The largest absolute Gasteiger partial charge is 0.493 e. The van der Waals surface area contributed by atoms with Crippen molar-refractivity contribution in [2.24, 2.45) is 5.73 Å². The Labute approximate surface area is 229 Å². The molecule has 2 aromatic carbocycles. The number of aromatic nitrogens is 3. The molecule has 6 N–H and O–H groups in total. The van der Waals surface area contributed by atoms with Crippen LogP contribution in [0.5, 0.6) is 5.75 Å². The van der Waals surface area contributed by atoms with Gasteiger partial charge in [-0.05, 0) is 62.2 Å². The minimum absolute atomic E-state index is 0.0843. The van der Waals surface area contributed by atoms with Crippen molar-refractivity contribution in [3.63, 3.8) is 0 Å². The zero-order chi connectivity index (χ0) is 27.8. The summed E-state index contributed by atoms with van der Waals surface area (Å²) in [5.74, 6) is -0.214. The summed E-state index contributed by atoms with van der Waals surface area (Å²) in [4.78, 5) is 40.1. The molecule has 2 aliphatic heterocycles. The Kier molecular flexibility index (Phi) is 6.68. The first-order valence-electron chi connectivity index (χ1n) is 13.2. The van der Waals surface area contributed by atoms with Crippen LogP contribution in [0.1, 0.15) is 28.8 Å². The molecule has 2 amide bonds. The van der Waals surface area contributed by atoms with E-state index in [9.17, 15) is 14.0 Å². The van der Waals surface area contributed by atoms with Crippen LogP contribution < -0.4 is 31.0 Å². The van der Waals surface area contributed by atoms with Crippen LogP contribution in [0, 0.1) is 5.82 Å². The van der Waals surface area contributed by atoms with Crippen LogP contribution in [-0.2, 0) is 11.2 Å². The lowest BCUT2D eigenvalue weighted by Crippen LogP contribution is -2.38. The van der Waals surface area contributed by atoms with Crippen molar-refractivity contribution in [3.8, 4) is 5.75 Å². The van der Waals surface area contributed by atoms with E-state index in [0.717, 1.165) is 43.6 Å². The van der Waals surface area contributed by atoms with E-state index in [1.54, 1.807) is 25.4 Å². The van der Waals surface area contributed by atoms with Crippen molar-refractivity contribution in [2.45, 2.75) is 19.3 Å². The van der Waals surface area contributed by atoms with Crippen molar-refractivity contribution in [1.29, 1.82) is 0 Å². The number of fused-ring (bicyclic) bond motifs is 2. The number of rotatable bonds is 8. The van der Waals surface area contributed by atoms with Crippen LogP contribution >= 0.6 is 0 Å². The number of nitrogens with one attached hydrogen (secondary N) is 4. The zero-order valence-electron chi connectivity index (χ0n) is 22.0. The van der Waals surface area contributed by atoms with Crippen LogP contribution in [0.15, 0.2) is 42.6 Å². The number of benzene rings is 2. The van der Waals surface area contributed by atoms with Gasteiger partial charge in [0.1, 0.15) is 11.5 Å². The fraction of sp³-hybridized carbons (Fsp3) is 0.286. The second-order valence-electron chi connectivity index (χ2n) is 9.94. The van der Waals surface area contributed by atoms with E-state index in [4.69, 9.17) is 10.5 Å². The maximum absolute atomic E-state index is 14.4. The highest BCUT2D eigenvalue weighted by Crippen LogP contribution is 2.38. The monoisotopic (exact) mass is 545 g/mol. The Balaban J connectivity index is 1.33. The van der Waals surface area contributed by atoms with Gasteiger partial charge in [-0.3, -0.25) is 24.8 Å². The van der Waals surface area contributed by atoms with Gasteiger partial charge >= 0.3 is 5.95 Å². The van der Waals surface area contributed by atoms with Crippen molar-refractivity contribution >= 4 is 51.7 Å². The zero-order valence-corrected chi connectivity index (χ0v) is 22.0. The first-order chi connectivity index (χ1) is 19.4. The van der Waals surface area contributed by atoms with Crippen LogP contribution in [-0.4, -0.2) is 60.0 Å². The number of hydrogen-bond donors (Lipinski definition) is 4. The summed E-state index contributed by atoms with van der Waals surface area (Å²) in [5.41, 5.74) is 8.52. The maximum Gasteiger partial charge on any atom is 0.351 e. The molecule has 0 bridgehead atoms. The SMILES string of the molecule is COc1cc2c(cc1Nc1nc(Nc3cccc(F)c3C(N)=O)c3cc[nH]c3[nH+]1)N(C(=O)CN1CCCC1)CC2. The van der Waals surface area contributed by atoms with Crippen LogP contribution in [0.3, 0.4) is 0 Å². The molecule has 40 heavy (non-hydrogen) atoms. The van der Waals surface area contributed by atoms with Crippen LogP contribution in [0.25, 0.3) is 11.0 Å². The van der Waals surface area contributed by atoms with Gasteiger partial charge in [0.2, 0.25) is 17.4 Å². The van der Waals surface area contributed by atoms with Crippen LogP contribution in [0.2, 0.25) is 0 Å². The number of carbonyl (C=O) groups is 2. The molecule has 0 aliphatic carbocycles. The molecule has 2 aliphatic rings. The molecule has 6 rings (SSSR count). The highest BCUT2D eigenvalue weighted by molar-refractivity contribution is 6.01. The lowest BCUT2D eigenvalue weighted by molar-refractivity contribution is -0.333. The Morgan fingerprint density at radius 3 is 2.75 bits per heavy atom. The number of nitrogens with two attached hydrogens (primary N) is 1. The Hall–Kier alpha value is -4.71. The van der Waals surface area contributed by atoms with E-state index in [1.165, 1.54) is 12.1 Å². The van der Waals surface area contributed by atoms with Crippen molar-refractivity contribution in [2.75, 3.05) is 48.8 Å². The number of primary amides is 1. The summed E-state index contributed by atoms with van der Waals surface area (Å²) in [6.07, 6.45) is 4.74. The molecule has 2 aromatic heterocycles. The van der Waals surface area contributed by atoms with Gasteiger partial charge in [-0.2, -0.15) is 0 Å². The van der Waals surface area contributed by atoms with Crippen molar-refractivity contribution < 1.29 is 23.7 Å². The number of halogens is 1. The normalized spacial score (nSPS) is 14.9. The molecule has 4 heterocycles. The summed E-state index contributed by atoms with van der Waals surface area (Å²) >= 11 is 0. The lowest BCUT2D eigenvalue weighted by atomic mass is 10.1. The molecule has 4 aromatic rings. The lowest BCUT2D eigenvalue weighted by Gasteiger charge is -2.22. The summed E-state index contributed by atoms with van der Waals surface area (Å²) in [6.45, 7) is 2.95. The summed E-state index contributed by atoms with van der Waals surface area (Å²) in [7, 11) is 1.59. The number of anilines is 5.